The van der Waals surface area contributed by atoms with Crippen molar-refractivity contribution in [3.8, 4) is 11.4 Å². The number of carbonyl (C=O) groups is 1. The van der Waals surface area contributed by atoms with Crippen LogP contribution in [0, 0.1) is 11.6 Å². The van der Waals surface area contributed by atoms with Crippen LogP contribution in [0.3, 0.4) is 0 Å². The maximum atomic E-state index is 13.8. The van der Waals surface area contributed by atoms with Crippen LogP contribution >= 0.6 is 0 Å². The minimum atomic E-state index is -0.821. The summed E-state index contributed by atoms with van der Waals surface area (Å²) >= 11 is 0. The van der Waals surface area contributed by atoms with E-state index in [4.69, 9.17) is 0 Å². The molecule has 11 heteroatoms. The van der Waals surface area contributed by atoms with Crippen molar-refractivity contribution < 1.29 is 13.6 Å². The van der Waals surface area contributed by atoms with Gasteiger partial charge in [0.05, 0.1) is 11.4 Å². The molecule has 2 N–H and O–H groups in total. The number of urea groups is 1. The predicted molar refractivity (Wildman–Crippen MR) is 123 cm³/mol. The fraction of sp³-hybridized carbons (Fsp3) is 0.261. The van der Waals surface area contributed by atoms with Crippen LogP contribution in [0.1, 0.15) is 12.8 Å². The van der Waals surface area contributed by atoms with Gasteiger partial charge in [0.2, 0.25) is 0 Å². The third-order valence-electron chi connectivity index (χ3n) is 5.93. The molecule has 0 atom stereocenters. The number of halogens is 2. The maximum Gasteiger partial charge on any atom is 0.319 e. The van der Waals surface area contributed by atoms with Gasteiger partial charge in [0.15, 0.2) is 5.82 Å². The summed E-state index contributed by atoms with van der Waals surface area (Å²) in [7, 11) is 1.86. The molecule has 4 aromatic rings. The molecule has 3 aromatic heterocycles. The average Bonchev–Trinajstić information content (AvgIpc) is 3.26. The molecule has 1 aliphatic rings. The van der Waals surface area contributed by atoms with Crippen LogP contribution in [0.25, 0.3) is 22.2 Å². The van der Waals surface area contributed by atoms with E-state index in [1.165, 1.54) is 6.07 Å². The van der Waals surface area contributed by atoms with Gasteiger partial charge >= 0.3 is 6.03 Å². The van der Waals surface area contributed by atoms with Crippen LogP contribution in [-0.2, 0) is 7.05 Å². The van der Waals surface area contributed by atoms with Gasteiger partial charge in [-0.1, -0.05) is 0 Å². The number of pyridine rings is 1. The number of hydrogen-bond donors (Lipinski definition) is 2. The summed E-state index contributed by atoms with van der Waals surface area (Å²) < 4.78 is 28.6. The van der Waals surface area contributed by atoms with Gasteiger partial charge in [0, 0.05) is 61.6 Å². The number of aromatic nitrogens is 5. The SMILES string of the molecule is Cn1nccc1-c1nnc(N2CCC(NC(=O)Nc3ccc(F)cc3F)CC2)c2cnccc12. The van der Waals surface area contributed by atoms with Crippen molar-refractivity contribution >= 4 is 28.3 Å². The van der Waals surface area contributed by atoms with E-state index in [0.29, 0.717) is 25.9 Å². The molecule has 5 rings (SSSR count). The molecule has 4 heterocycles. The monoisotopic (exact) mass is 464 g/mol. The molecule has 1 fully saturated rings. The first-order chi connectivity index (χ1) is 16.5. The largest absolute Gasteiger partial charge is 0.354 e. The summed E-state index contributed by atoms with van der Waals surface area (Å²) in [5.74, 6) is -0.779. The summed E-state index contributed by atoms with van der Waals surface area (Å²) in [6, 6.07) is 6.21. The van der Waals surface area contributed by atoms with E-state index in [1.54, 1.807) is 23.3 Å². The zero-order chi connectivity index (χ0) is 23.7. The molecule has 174 valence electrons. The van der Waals surface area contributed by atoms with Gasteiger partial charge in [-0.2, -0.15) is 5.10 Å². The topological polar surface area (TPSA) is 101 Å². The second-order valence-electron chi connectivity index (χ2n) is 8.12. The second-order valence-corrected chi connectivity index (χ2v) is 8.12. The Morgan fingerprint density at radius 1 is 1.06 bits per heavy atom. The number of carbonyl (C=O) groups excluding carboxylic acids is 1. The number of piperidine rings is 1. The Kier molecular flexibility index (Phi) is 5.74. The number of anilines is 2. The molecule has 9 nitrogen and oxygen atoms in total. The summed E-state index contributed by atoms with van der Waals surface area (Å²) in [6.45, 7) is 1.30. The lowest BCUT2D eigenvalue weighted by atomic mass is 10.0. The Morgan fingerprint density at radius 2 is 1.88 bits per heavy atom. The Labute approximate surface area is 193 Å². The van der Waals surface area contributed by atoms with Crippen LogP contribution < -0.4 is 15.5 Å². The first-order valence-corrected chi connectivity index (χ1v) is 10.9. The average molecular weight is 464 g/mol. The first-order valence-electron chi connectivity index (χ1n) is 10.9. The van der Waals surface area contributed by atoms with Gasteiger partial charge in [-0.15, -0.1) is 10.2 Å². The van der Waals surface area contributed by atoms with E-state index in [2.05, 4.69) is 35.8 Å². The molecule has 0 aliphatic carbocycles. The predicted octanol–water partition coefficient (Wildman–Crippen LogP) is 3.49. The van der Waals surface area contributed by atoms with Crippen molar-refractivity contribution in [3.05, 3.63) is 60.6 Å². The standard InChI is InChI=1S/C23H22F2N8O/c1-32-20(5-9-27-32)21-16-4-8-26-13-17(16)22(31-30-21)33-10-6-15(7-11-33)28-23(34)29-19-3-2-14(24)12-18(19)25/h2-5,8-9,12-13,15H,6-7,10-11H2,1H3,(H2,28,29,34). The smallest absolute Gasteiger partial charge is 0.319 e. The number of nitrogens with one attached hydrogen (secondary N) is 2. The molecule has 0 bridgehead atoms. The van der Waals surface area contributed by atoms with Crippen molar-refractivity contribution in [2.24, 2.45) is 7.05 Å². The normalized spacial score (nSPS) is 14.4. The number of fused-ring (bicyclic) bond motifs is 1. The summed E-state index contributed by atoms with van der Waals surface area (Å²) in [6.07, 6.45) is 6.58. The molecule has 0 unspecified atom stereocenters. The van der Waals surface area contributed by atoms with Gasteiger partial charge < -0.3 is 15.5 Å². The lowest BCUT2D eigenvalue weighted by Gasteiger charge is -2.33. The number of rotatable bonds is 4. The van der Waals surface area contributed by atoms with E-state index in [-0.39, 0.29) is 11.7 Å². The van der Waals surface area contributed by atoms with Crippen molar-refractivity contribution in [3.63, 3.8) is 0 Å². The summed E-state index contributed by atoms with van der Waals surface area (Å²) in [5, 5.41) is 20.3. The molecular weight excluding hydrogens is 442 g/mol. The summed E-state index contributed by atoms with van der Waals surface area (Å²) in [5.41, 5.74) is 1.53. The third-order valence-corrected chi connectivity index (χ3v) is 5.93. The van der Waals surface area contributed by atoms with Gasteiger partial charge in [-0.3, -0.25) is 9.67 Å². The van der Waals surface area contributed by atoms with E-state index < -0.39 is 17.7 Å². The number of amides is 2. The lowest BCUT2D eigenvalue weighted by molar-refractivity contribution is 0.246. The van der Waals surface area contributed by atoms with Crippen molar-refractivity contribution in [1.82, 2.24) is 30.3 Å². The highest BCUT2D eigenvalue weighted by atomic mass is 19.1. The summed E-state index contributed by atoms with van der Waals surface area (Å²) in [4.78, 5) is 18.7. The molecule has 0 saturated carbocycles. The molecule has 1 aromatic carbocycles. The Bertz CT molecular complexity index is 1350. The minimum absolute atomic E-state index is 0.0703. The highest BCUT2D eigenvalue weighted by Crippen LogP contribution is 2.31. The van der Waals surface area contributed by atoms with Crippen molar-refractivity contribution in [2.75, 3.05) is 23.3 Å². The Hall–Kier alpha value is -4.15. The number of hydrogen-bond acceptors (Lipinski definition) is 6. The van der Waals surface area contributed by atoms with Crippen molar-refractivity contribution in [1.29, 1.82) is 0 Å². The van der Waals surface area contributed by atoms with Crippen LogP contribution in [-0.4, -0.2) is 50.1 Å². The van der Waals surface area contributed by atoms with Crippen LogP contribution in [0.4, 0.5) is 25.1 Å². The van der Waals surface area contributed by atoms with Crippen LogP contribution in [0.5, 0.6) is 0 Å². The molecular formula is C23H22F2N8O. The molecule has 0 spiro atoms. The fourth-order valence-corrected chi connectivity index (χ4v) is 4.18. The van der Waals surface area contributed by atoms with Crippen LogP contribution in [0.2, 0.25) is 0 Å². The molecule has 2 amide bonds. The van der Waals surface area contributed by atoms with E-state index in [9.17, 15) is 13.6 Å². The highest BCUT2D eigenvalue weighted by molar-refractivity contribution is 5.99. The lowest BCUT2D eigenvalue weighted by Crippen LogP contribution is -2.46. The Balaban J connectivity index is 1.27. The number of benzene rings is 1. The molecule has 1 saturated heterocycles. The van der Waals surface area contributed by atoms with Gasteiger partial charge in [0.25, 0.3) is 0 Å². The molecule has 34 heavy (non-hydrogen) atoms. The van der Waals surface area contributed by atoms with E-state index in [1.807, 2.05) is 19.2 Å². The second kappa shape index (κ2) is 9.00. The zero-order valence-electron chi connectivity index (χ0n) is 18.4. The van der Waals surface area contributed by atoms with E-state index in [0.717, 1.165) is 40.1 Å². The number of aryl methyl sites for hydroxylation is 1. The quantitative estimate of drug-likeness (QED) is 0.480. The first kappa shape index (κ1) is 21.7. The van der Waals surface area contributed by atoms with Crippen molar-refractivity contribution in [2.45, 2.75) is 18.9 Å². The minimum Gasteiger partial charge on any atom is -0.354 e. The van der Waals surface area contributed by atoms with Crippen LogP contribution in [0.15, 0.2) is 48.9 Å². The zero-order valence-corrected chi connectivity index (χ0v) is 18.4. The third kappa shape index (κ3) is 4.24. The fourth-order valence-electron chi connectivity index (χ4n) is 4.18. The molecule has 0 radical (unpaired) electrons. The van der Waals surface area contributed by atoms with Gasteiger partial charge in [0.1, 0.15) is 17.3 Å². The maximum absolute atomic E-state index is 13.8. The molecule has 1 aliphatic heterocycles. The Morgan fingerprint density at radius 3 is 2.62 bits per heavy atom. The van der Waals surface area contributed by atoms with E-state index >= 15 is 0 Å². The highest BCUT2D eigenvalue weighted by Gasteiger charge is 2.24. The number of nitrogens with zero attached hydrogens (tertiary/aromatic N) is 6. The van der Waals surface area contributed by atoms with Gasteiger partial charge in [-0.25, -0.2) is 13.6 Å². The van der Waals surface area contributed by atoms with Gasteiger partial charge in [-0.05, 0) is 37.1 Å².